The van der Waals surface area contributed by atoms with Crippen LogP contribution in [-0.2, 0) is 9.59 Å². The van der Waals surface area contributed by atoms with Crippen molar-refractivity contribution in [3.8, 4) is 0 Å². The normalized spacial score (nSPS) is 12.6. The zero-order valence-electron chi connectivity index (χ0n) is 12.5. The van der Waals surface area contributed by atoms with Crippen LogP contribution in [0.3, 0.4) is 0 Å². The molecule has 0 radical (unpaired) electrons. The molecule has 0 aliphatic rings. The molecule has 0 saturated carbocycles. The number of carbonyl (C=O) groups is 3. The number of carboxylic acids is 2. The summed E-state index contributed by atoms with van der Waals surface area (Å²) in [4.78, 5) is 34.7. The van der Waals surface area contributed by atoms with Crippen LogP contribution in [0.25, 0.3) is 0 Å². The summed E-state index contributed by atoms with van der Waals surface area (Å²) in [6, 6.07) is -1.54. The van der Waals surface area contributed by atoms with Crippen LogP contribution < -0.4 is 5.32 Å². The predicted molar refractivity (Wildman–Crippen MR) is 73.5 cm³/mol. The molecule has 3 N–H and O–H groups in total. The van der Waals surface area contributed by atoms with E-state index >= 15 is 0 Å². The number of hydrogen-bond donors (Lipinski definition) is 3. The summed E-state index contributed by atoms with van der Waals surface area (Å²) in [6.45, 7) is 6.40. The second-order valence-electron chi connectivity index (χ2n) is 6.04. The number of nitrogens with zero attached hydrogens (tertiary/aromatic N) is 1. The zero-order valence-corrected chi connectivity index (χ0v) is 12.5. The van der Waals surface area contributed by atoms with E-state index in [-0.39, 0.29) is 24.7 Å². The first-order valence-corrected chi connectivity index (χ1v) is 6.49. The van der Waals surface area contributed by atoms with Gasteiger partial charge in [0.1, 0.15) is 6.04 Å². The van der Waals surface area contributed by atoms with Crippen molar-refractivity contribution in [3.05, 3.63) is 0 Å². The van der Waals surface area contributed by atoms with Gasteiger partial charge < -0.3 is 20.4 Å². The van der Waals surface area contributed by atoms with Gasteiger partial charge in [-0.15, -0.1) is 0 Å². The number of hydrogen-bond acceptors (Lipinski definition) is 3. The maximum Gasteiger partial charge on any atom is 0.326 e. The van der Waals surface area contributed by atoms with E-state index in [0.717, 1.165) is 0 Å². The number of carbonyl (C=O) groups excluding carboxylic acids is 1. The van der Waals surface area contributed by atoms with Crippen LogP contribution in [0, 0.1) is 5.41 Å². The molecule has 0 bridgehead atoms. The van der Waals surface area contributed by atoms with E-state index in [0.29, 0.717) is 6.54 Å². The molecule has 0 spiro atoms. The Morgan fingerprint density at radius 3 is 2.15 bits per heavy atom. The van der Waals surface area contributed by atoms with Crippen LogP contribution in [0.2, 0.25) is 0 Å². The number of urea groups is 1. The van der Waals surface area contributed by atoms with Gasteiger partial charge in [-0.25, -0.2) is 9.59 Å². The van der Waals surface area contributed by atoms with E-state index in [2.05, 4.69) is 5.32 Å². The number of amides is 2. The van der Waals surface area contributed by atoms with Crippen LogP contribution in [0.4, 0.5) is 4.79 Å². The van der Waals surface area contributed by atoms with Crippen LogP contribution in [0.15, 0.2) is 0 Å². The fourth-order valence-electron chi connectivity index (χ4n) is 1.76. The Bertz CT molecular complexity index is 362. The van der Waals surface area contributed by atoms with Crippen molar-refractivity contribution in [2.24, 2.45) is 5.41 Å². The van der Waals surface area contributed by atoms with E-state index in [1.807, 2.05) is 20.8 Å². The summed E-state index contributed by atoms with van der Waals surface area (Å²) in [5, 5.41) is 19.9. The molecule has 116 valence electrons. The highest BCUT2D eigenvalue weighted by Gasteiger charge is 2.23. The average Bonchev–Trinajstić information content (AvgIpc) is 2.24. The van der Waals surface area contributed by atoms with Crippen molar-refractivity contribution in [2.45, 2.75) is 46.1 Å². The molecule has 0 rings (SSSR count). The van der Waals surface area contributed by atoms with Crippen molar-refractivity contribution in [2.75, 3.05) is 13.6 Å². The molecule has 0 aromatic heterocycles. The lowest BCUT2D eigenvalue weighted by molar-refractivity contribution is -0.140. The SMILES string of the molecule is CN(CC(C)(C)C)C(=O)N[C@H](CCCC(=O)O)C(=O)O. The molecular weight excluding hydrogens is 264 g/mol. The minimum atomic E-state index is -1.16. The lowest BCUT2D eigenvalue weighted by Crippen LogP contribution is -2.48. The lowest BCUT2D eigenvalue weighted by atomic mass is 9.96. The van der Waals surface area contributed by atoms with Gasteiger partial charge in [0.15, 0.2) is 0 Å². The van der Waals surface area contributed by atoms with Crippen molar-refractivity contribution >= 4 is 18.0 Å². The first-order valence-electron chi connectivity index (χ1n) is 6.49. The monoisotopic (exact) mass is 288 g/mol. The molecule has 0 aliphatic carbocycles. The third-order valence-electron chi connectivity index (χ3n) is 2.54. The Kier molecular flexibility index (Phi) is 7.02. The van der Waals surface area contributed by atoms with Crippen LogP contribution in [0.5, 0.6) is 0 Å². The predicted octanol–water partition coefficient (Wildman–Crippen LogP) is 1.38. The average molecular weight is 288 g/mol. The quantitative estimate of drug-likeness (QED) is 0.656. The highest BCUT2D eigenvalue weighted by molar-refractivity contribution is 5.82. The lowest BCUT2D eigenvalue weighted by Gasteiger charge is -2.28. The number of aliphatic carboxylic acids is 2. The van der Waals surface area contributed by atoms with Gasteiger partial charge >= 0.3 is 18.0 Å². The van der Waals surface area contributed by atoms with Gasteiger partial charge in [-0.3, -0.25) is 4.79 Å². The molecule has 7 heteroatoms. The van der Waals surface area contributed by atoms with Gasteiger partial charge in [0.25, 0.3) is 0 Å². The Morgan fingerprint density at radius 2 is 1.75 bits per heavy atom. The van der Waals surface area contributed by atoms with Gasteiger partial charge in [0, 0.05) is 20.0 Å². The Morgan fingerprint density at radius 1 is 1.20 bits per heavy atom. The van der Waals surface area contributed by atoms with E-state index in [4.69, 9.17) is 10.2 Å². The summed E-state index contributed by atoms with van der Waals surface area (Å²) < 4.78 is 0. The maximum atomic E-state index is 11.9. The minimum Gasteiger partial charge on any atom is -0.481 e. The zero-order chi connectivity index (χ0) is 15.9. The highest BCUT2D eigenvalue weighted by atomic mass is 16.4. The number of carboxylic acid groups (broad SMARTS) is 2. The van der Waals surface area contributed by atoms with Crippen molar-refractivity contribution in [1.82, 2.24) is 10.2 Å². The maximum absolute atomic E-state index is 11.9. The third-order valence-corrected chi connectivity index (χ3v) is 2.54. The molecule has 0 aliphatic heterocycles. The van der Waals surface area contributed by atoms with E-state index < -0.39 is 24.0 Å². The molecule has 7 nitrogen and oxygen atoms in total. The molecule has 0 fully saturated rings. The fourth-order valence-corrected chi connectivity index (χ4v) is 1.76. The topological polar surface area (TPSA) is 107 Å². The Hall–Kier alpha value is -1.79. The second-order valence-corrected chi connectivity index (χ2v) is 6.04. The van der Waals surface area contributed by atoms with E-state index in [1.165, 1.54) is 4.90 Å². The molecule has 0 heterocycles. The molecule has 0 unspecified atom stereocenters. The van der Waals surface area contributed by atoms with Gasteiger partial charge in [0.2, 0.25) is 0 Å². The van der Waals surface area contributed by atoms with Gasteiger partial charge in [-0.1, -0.05) is 20.8 Å². The fraction of sp³-hybridized carbons (Fsp3) is 0.769. The van der Waals surface area contributed by atoms with Gasteiger partial charge in [-0.2, -0.15) is 0 Å². The largest absolute Gasteiger partial charge is 0.481 e. The Balaban J connectivity index is 4.40. The standard InChI is InChI=1S/C13H24N2O5/c1-13(2,3)8-15(4)12(20)14-9(11(18)19)6-5-7-10(16)17/h9H,5-8H2,1-4H3,(H,14,20)(H,16,17)(H,18,19)/t9-/m1/s1. The van der Waals surface area contributed by atoms with Crippen molar-refractivity contribution in [3.63, 3.8) is 0 Å². The van der Waals surface area contributed by atoms with Gasteiger partial charge in [-0.05, 0) is 18.3 Å². The second kappa shape index (κ2) is 7.72. The molecule has 20 heavy (non-hydrogen) atoms. The van der Waals surface area contributed by atoms with Crippen LogP contribution in [-0.4, -0.2) is 52.7 Å². The molecule has 0 aromatic rings. The van der Waals surface area contributed by atoms with Gasteiger partial charge in [0.05, 0.1) is 0 Å². The first kappa shape index (κ1) is 18.2. The summed E-state index contributed by atoms with van der Waals surface area (Å²) in [6.07, 6.45) is 0.184. The summed E-state index contributed by atoms with van der Waals surface area (Å²) in [7, 11) is 1.59. The van der Waals surface area contributed by atoms with Crippen molar-refractivity contribution in [1.29, 1.82) is 0 Å². The molecule has 1 atom stereocenters. The summed E-state index contributed by atoms with van der Waals surface area (Å²) in [5.74, 6) is -2.14. The summed E-state index contributed by atoms with van der Waals surface area (Å²) in [5.41, 5.74) is -0.0892. The smallest absolute Gasteiger partial charge is 0.326 e. The van der Waals surface area contributed by atoms with E-state index in [1.54, 1.807) is 7.05 Å². The minimum absolute atomic E-state index is 0.0892. The number of rotatable bonds is 7. The Labute approximate surface area is 119 Å². The van der Waals surface area contributed by atoms with E-state index in [9.17, 15) is 14.4 Å². The molecular formula is C13H24N2O5. The highest BCUT2D eigenvalue weighted by Crippen LogP contribution is 2.14. The molecule has 2 amide bonds. The van der Waals surface area contributed by atoms with Crippen LogP contribution >= 0.6 is 0 Å². The molecule has 0 saturated heterocycles. The van der Waals surface area contributed by atoms with Crippen LogP contribution in [0.1, 0.15) is 40.0 Å². The number of nitrogens with one attached hydrogen (secondary N) is 1. The third kappa shape index (κ3) is 8.34. The van der Waals surface area contributed by atoms with Crippen molar-refractivity contribution < 1.29 is 24.6 Å². The first-order chi connectivity index (χ1) is 9.03. The summed E-state index contributed by atoms with van der Waals surface area (Å²) >= 11 is 0. The molecule has 0 aromatic carbocycles.